The van der Waals surface area contributed by atoms with E-state index in [1.807, 2.05) is 22.4 Å². The lowest BCUT2D eigenvalue weighted by Gasteiger charge is -2.32. The van der Waals surface area contributed by atoms with Gasteiger partial charge in [0.1, 0.15) is 0 Å². The van der Waals surface area contributed by atoms with Gasteiger partial charge in [0.15, 0.2) is 9.84 Å². The van der Waals surface area contributed by atoms with Crippen molar-refractivity contribution in [3.05, 3.63) is 40.7 Å². The molecule has 2 aromatic heterocycles. The third-order valence-electron chi connectivity index (χ3n) is 6.26. The van der Waals surface area contributed by atoms with E-state index in [-0.39, 0.29) is 10.8 Å². The molecule has 2 aliphatic rings. The molecule has 1 aliphatic carbocycles. The van der Waals surface area contributed by atoms with E-state index >= 15 is 0 Å². The molecule has 0 radical (unpaired) electrons. The monoisotopic (exact) mass is 448 g/mol. The molecule has 2 atom stereocenters. The molecule has 4 rings (SSSR count). The molecule has 1 amide bonds. The Labute approximate surface area is 182 Å². The molecule has 0 aromatic carbocycles. The Morgan fingerprint density at radius 3 is 2.70 bits per heavy atom. The summed E-state index contributed by atoms with van der Waals surface area (Å²) >= 11 is 1.65. The summed E-state index contributed by atoms with van der Waals surface area (Å²) in [6, 6.07) is 7.17. The van der Waals surface area contributed by atoms with Gasteiger partial charge in [-0.2, -0.15) is 0 Å². The van der Waals surface area contributed by atoms with Crippen LogP contribution < -0.4 is 4.74 Å². The minimum Gasteiger partial charge on any atom is -0.478 e. The second kappa shape index (κ2) is 9.06. The lowest BCUT2D eigenvalue weighted by atomic mass is 9.90. The standard InChI is InChI=1S/C22H28N2O4S2/c1-30(26,27)19-4-5-21(23-15-19)28-11-8-17-13-20(17)16-6-9-24(10-7-16)22(25)14-18-3-2-12-29-18/h2-5,12,15-17,20H,6-11,13-14H2,1H3/t17-,20-/m1/s1. The summed E-state index contributed by atoms with van der Waals surface area (Å²) in [5, 5.41) is 2.02. The first-order valence-electron chi connectivity index (χ1n) is 10.5. The molecule has 3 heterocycles. The summed E-state index contributed by atoms with van der Waals surface area (Å²) in [6.45, 7) is 2.36. The fourth-order valence-electron chi connectivity index (χ4n) is 4.42. The van der Waals surface area contributed by atoms with Gasteiger partial charge in [-0.05, 0) is 60.9 Å². The highest BCUT2D eigenvalue weighted by Crippen LogP contribution is 2.49. The molecular weight excluding hydrogens is 420 g/mol. The fourth-order valence-corrected chi connectivity index (χ4v) is 5.67. The summed E-state index contributed by atoms with van der Waals surface area (Å²) in [4.78, 5) is 19.9. The van der Waals surface area contributed by atoms with Gasteiger partial charge < -0.3 is 9.64 Å². The van der Waals surface area contributed by atoms with E-state index in [0.29, 0.717) is 30.7 Å². The van der Waals surface area contributed by atoms with E-state index in [2.05, 4.69) is 4.98 Å². The van der Waals surface area contributed by atoms with Crippen LogP contribution in [0.4, 0.5) is 0 Å². The average molecular weight is 449 g/mol. The van der Waals surface area contributed by atoms with Crippen molar-refractivity contribution in [2.24, 2.45) is 17.8 Å². The molecular formula is C22H28N2O4S2. The number of nitrogens with zero attached hydrogens (tertiary/aromatic N) is 2. The van der Waals surface area contributed by atoms with Crippen molar-refractivity contribution in [2.75, 3.05) is 26.0 Å². The normalized spacial score (nSPS) is 22.1. The second-order valence-electron chi connectivity index (χ2n) is 8.38. The van der Waals surface area contributed by atoms with Crippen molar-refractivity contribution in [1.29, 1.82) is 0 Å². The molecule has 0 bridgehead atoms. The van der Waals surface area contributed by atoms with Gasteiger partial charge in [-0.1, -0.05) is 6.07 Å². The van der Waals surface area contributed by atoms with Crippen LogP contribution >= 0.6 is 11.3 Å². The van der Waals surface area contributed by atoms with Gasteiger partial charge in [0.2, 0.25) is 11.8 Å². The predicted octanol–water partition coefficient (Wildman–Crippen LogP) is 3.43. The maximum atomic E-state index is 12.5. The lowest BCUT2D eigenvalue weighted by molar-refractivity contribution is -0.131. The number of thiophene rings is 1. The van der Waals surface area contributed by atoms with E-state index in [4.69, 9.17) is 4.74 Å². The maximum absolute atomic E-state index is 12.5. The summed E-state index contributed by atoms with van der Waals surface area (Å²) in [6.07, 6.45) is 7.50. The first kappa shape index (κ1) is 21.3. The first-order valence-corrected chi connectivity index (χ1v) is 13.3. The van der Waals surface area contributed by atoms with Crippen molar-refractivity contribution in [1.82, 2.24) is 9.88 Å². The van der Waals surface area contributed by atoms with Crippen molar-refractivity contribution < 1.29 is 17.9 Å². The zero-order valence-corrected chi connectivity index (χ0v) is 18.8. The quantitative estimate of drug-likeness (QED) is 0.618. The molecule has 162 valence electrons. The van der Waals surface area contributed by atoms with E-state index in [1.54, 1.807) is 17.4 Å². The Balaban J connectivity index is 1.15. The molecule has 1 aliphatic heterocycles. The number of aromatic nitrogens is 1. The van der Waals surface area contributed by atoms with Crippen molar-refractivity contribution in [2.45, 2.75) is 37.0 Å². The molecule has 6 nitrogen and oxygen atoms in total. The zero-order valence-electron chi connectivity index (χ0n) is 17.2. The number of carbonyl (C=O) groups is 1. The molecule has 0 spiro atoms. The number of amides is 1. The highest BCUT2D eigenvalue weighted by Gasteiger charge is 2.43. The van der Waals surface area contributed by atoms with Crippen LogP contribution in [0, 0.1) is 17.8 Å². The number of piperidine rings is 1. The maximum Gasteiger partial charge on any atom is 0.227 e. The van der Waals surface area contributed by atoms with Crippen LogP contribution in [-0.4, -0.2) is 50.2 Å². The zero-order chi connectivity index (χ0) is 21.1. The first-order chi connectivity index (χ1) is 14.4. The third-order valence-corrected chi connectivity index (χ3v) is 8.23. The molecule has 8 heteroatoms. The highest BCUT2D eigenvalue weighted by atomic mass is 32.2. The third kappa shape index (κ3) is 5.40. The minimum atomic E-state index is -3.23. The second-order valence-corrected chi connectivity index (χ2v) is 11.4. The largest absolute Gasteiger partial charge is 0.478 e. The van der Waals surface area contributed by atoms with Crippen molar-refractivity contribution in [3.63, 3.8) is 0 Å². The van der Waals surface area contributed by atoms with Gasteiger partial charge >= 0.3 is 0 Å². The molecule has 0 unspecified atom stereocenters. The predicted molar refractivity (Wildman–Crippen MR) is 116 cm³/mol. The number of pyridine rings is 1. The van der Waals surface area contributed by atoms with E-state index in [1.165, 1.54) is 24.9 Å². The van der Waals surface area contributed by atoms with Crippen molar-refractivity contribution >= 4 is 27.1 Å². The highest BCUT2D eigenvalue weighted by molar-refractivity contribution is 7.90. The number of sulfone groups is 1. The minimum absolute atomic E-state index is 0.206. The summed E-state index contributed by atoms with van der Waals surface area (Å²) in [7, 11) is -3.23. The molecule has 2 aromatic rings. The van der Waals surface area contributed by atoms with E-state index in [0.717, 1.165) is 43.1 Å². The molecule has 0 N–H and O–H groups in total. The van der Waals surface area contributed by atoms with Crippen LogP contribution in [0.15, 0.2) is 40.7 Å². The molecule has 1 saturated heterocycles. The summed E-state index contributed by atoms with van der Waals surface area (Å²) in [5.74, 6) is 2.89. The van der Waals surface area contributed by atoms with Crippen molar-refractivity contribution in [3.8, 4) is 5.88 Å². The number of hydrogen-bond donors (Lipinski definition) is 0. The molecule has 1 saturated carbocycles. The van der Waals surface area contributed by atoms with Crippen LogP contribution in [0.2, 0.25) is 0 Å². The van der Waals surface area contributed by atoms with Crippen LogP contribution in [0.5, 0.6) is 5.88 Å². The smallest absolute Gasteiger partial charge is 0.227 e. The van der Waals surface area contributed by atoms with Gasteiger partial charge in [0.05, 0.1) is 17.9 Å². The topological polar surface area (TPSA) is 76.6 Å². The molecule has 30 heavy (non-hydrogen) atoms. The van der Waals surface area contributed by atoms with E-state index < -0.39 is 9.84 Å². The van der Waals surface area contributed by atoms with Crippen LogP contribution in [0.3, 0.4) is 0 Å². The average Bonchev–Trinajstić information content (AvgIpc) is 3.31. The van der Waals surface area contributed by atoms with Crippen LogP contribution in [-0.2, 0) is 21.1 Å². The Bertz CT molecular complexity index is 950. The van der Waals surface area contributed by atoms with Gasteiger partial charge in [-0.25, -0.2) is 13.4 Å². The van der Waals surface area contributed by atoms with E-state index in [9.17, 15) is 13.2 Å². The number of carbonyl (C=O) groups excluding carboxylic acids is 1. The fraction of sp³-hybridized carbons (Fsp3) is 0.545. The van der Waals surface area contributed by atoms with Gasteiger partial charge in [-0.15, -0.1) is 11.3 Å². The van der Waals surface area contributed by atoms with Gasteiger partial charge in [0, 0.05) is 36.5 Å². The Hall–Kier alpha value is -1.93. The molecule has 2 fully saturated rings. The Morgan fingerprint density at radius 1 is 1.27 bits per heavy atom. The van der Waals surface area contributed by atoms with Gasteiger partial charge in [-0.3, -0.25) is 4.79 Å². The van der Waals surface area contributed by atoms with Crippen LogP contribution in [0.25, 0.3) is 0 Å². The number of rotatable bonds is 8. The Kier molecular flexibility index (Phi) is 6.43. The SMILES string of the molecule is CS(=O)(=O)c1ccc(OCC[C@@H]2C[C@@H]2C2CCN(C(=O)Cc3cccs3)CC2)nc1. The number of hydrogen-bond acceptors (Lipinski definition) is 6. The number of likely N-dealkylation sites (tertiary alicyclic amines) is 1. The summed E-state index contributed by atoms with van der Waals surface area (Å²) < 4.78 is 28.6. The Morgan fingerprint density at radius 2 is 2.07 bits per heavy atom. The summed E-state index contributed by atoms with van der Waals surface area (Å²) in [5.41, 5.74) is 0. The lowest BCUT2D eigenvalue weighted by Crippen LogP contribution is -2.39. The number of ether oxygens (including phenoxy) is 1. The van der Waals surface area contributed by atoms with Crippen LogP contribution in [0.1, 0.15) is 30.6 Å². The van der Waals surface area contributed by atoms with Gasteiger partial charge in [0.25, 0.3) is 0 Å².